The van der Waals surface area contributed by atoms with E-state index in [0.29, 0.717) is 27.8 Å². The highest BCUT2D eigenvalue weighted by molar-refractivity contribution is 7.99. The number of hydrogen-bond donors (Lipinski definition) is 2. The van der Waals surface area contributed by atoms with Gasteiger partial charge in [0.25, 0.3) is 0 Å². The van der Waals surface area contributed by atoms with Crippen LogP contribution in [0.2, 0.25) is 10.0 Å². The zero-order valence-corrected chi connectivity index (χ0v) is 13.5. The molecule has 110 valence electrons. The largest absolute Gasteiger partial charge is 0.399 e. The predicted molar refractivity (Wildman–Crippen MR) is 88.8 cm³/mol. The lowest BCUT2D eigenvalue weighted by atomic mass is 10.2. The lowest BCUT2D eigenvalue weighted by Gasteiger charge is -2.11. The van der Waals surface area contributed by atoms with Crippen LogP contribution < -0.4 is 11.1 Å². The van der Waals surface area contributed by atoms with E-state index < -0.39 is 0 Å². The van der Waals surface area contributed by atoms with Crippen LogP contribution >= 0.6 is 35.0 Å². The maximum absolute atomic E-state index is 11.9. The van der Waals surface area contributed by atoms with E-state index in [-0.39, 0.29) is 5.91 Å². The van der Waals surface area contributed by atoms with Gasteiger partial charge in [-0.1, -0.05) is 36.0 Å². The van der Waals surface area contributed by atoms with Gasteiger partial charge in [-0.2, -0.15) is 11.8 Å². The smallest absolute Gasteiger partial charge is 0.225 e. The van der Waals surface area contributed by atoms with E-state index in [1.165, 1.54) is 25.7 Å². The van der Waals surface area contributed by atoms with Gasteiger partial charge in [-0.05, 0) is 25.0 Å². The number of hydrogen-bond acceptors (Lipinski definition) is 3. The highest BCUT2D eigenvalue weighted by Crippen LogP contribution is 2.33. The van der Waals surface area contributed by atoms with Crippen LogP contribution in [0.1, 0.15) is 32.1 Å². The van der Waals surface area contributed by atoms with Gasteiger partial charge in [0.15, 0.2) is 0 Å². The van der Waals surface area contributed by atoms with Crippen LogP contribution in [0.3, 0.4) is 0 Å². The summed E-state index contributed by atoms with van der Waals surface area (Å²) in [5.74, 6) is 0.768. The van der Waals surface area contributed by atoms with Crippen molar-refractivity contribution in [3.8, 4) is 0 Å². The number of anilines is 2. The fraction of sp³-hybridized carbons (Fsp3) is 0.500. The Labute approximate surface area is 133 Å². The standard InChI is InChI=1S/C14H18Cl2N2OS/c15-11-7-9(17)8-12(16)14(11)18-13(19)5-6-20-10-3-1-2-4-10/h7-8,10H,1-6,17H2,(H,18,19). The second kappa shape index (κ2) is 7.43. The molecule has 0 unspecified atom stereocenters. The van der Waals surface area contributed by atoms with Gasteiger partial charge < -0.3 is 11.1 Å². The van der Waals surface area contributed by atoms with E-state index in [2.05, 4.69) is 5.32 Å². The first-order chi connectivity index (χ1) is 9.56. The van der Waals surface area contributed by atoms with Gasteiger partial charge in [-0.15, -0.1) is 0 Å². The number of amides is 1. The Balaban J connectivity index is 1.82. The minimum Gasteiger partial charge on any atom is -0.399 e. The molecule has 1 amide bonds. The maximum Gasteiger partial charge on any atom is 0.225 e. The van der Waals surface area contributed by atoms with E-state index in [1.54, 1.807) is 12.1 Å². The Morgan fingerprint density at radius 3 is 2.50 bits per heavy atom. The number of nitrogens with two attached hydrogens (primary N) is 1. The van der Waals surface area contributed by atoms with E-state index in [1.807, 2.05) is 11.8 Å². The SMILES string of the molecule is Nc1cc(Cl)c(NC(=O)CCSC2CCCC2)c(Cl)c1. The third kappa shape index (κ3) is 4.47. The van der Waals surface area contributed by atoms with Crippen molar-refractivity contribution in [2.45, 2.75) is 37.4 Å². The summed E-state index contributed by atoms with van der Waals surface area (Å²) in [5, 5.41) is 4.22. The Morgan fingerprint density at radius 1 is 1.30 bits per heavy atom. The second-order valence-corrected chi connectivity index (χ2v) is 7.16. The molecular formula is C14H18Cl2N2OS. The van der Waals surface area contributed by atoms with Crippen LogP contribution in [0, 0.1) is 0 Å². The van der Waals surface area contributed by atoms with Gasteiger partial charge in [-0.3, -0.25) is 4.79 Å². The van der Waals surface area contributed by atoms with Crippen LogP contribution in [-0.4, -0.2) is 16.9 Å². The number of nitrogens with one attached hydrogen (secondary N) is 1. The van der Waals surface area contributed by atoms with Crippen molar-refractivity contribution in [1.82, 2.24) is 0 Å². The summed E-state index contributed by atoms with van der Waals surface area (Å²) >= 11 is 14.0. The third-order valence-corrected chi connectivity index (χ3v) is 5.29. The molecule has 0 radical (unpaired) electrons. The summed E-state index contributed by atoms with van der Waals surface area (Å²) in [4.78, 5) is 11.9. The average molecular weight is 333 g/mol. The zero-order valence-electron chi connectivity index (χ0n) is 11.1. The van der Waals surface area contributed by atoms with Crippen LogP contribution in [0.4, 0.5) is 11.4 Å². The first-order valence-corrected chi connectivity index (χ1v) is 8.52. The first-order valence-electron chi connectivity index (χ1n) is 6.72. The predicted octanol–water partition coefficient (Wildman–Crippen LogP) is 4.58. The van der Waals surface area contributed by atoms with Crippen LogP contribution in [0.15, 0.2) is 12.1 Å². The Morgan fingerprint density at radius 2 is 1.90 bits per heavy atom. The number of nitrogen functional groups attached to an aromatic ring is 1. The molecule has 2 rings (SSSR count). The summed E-state index contributed by atoms with van der Waals surface area (Å²) in [6.07, 6.45) is 5.67. The van der Waals surface area contributed by atoms with E-state index in [0.717, 1.165) is 11.0 Å². The lowest BCUT2D eigenvalue weighted by Crippen LogP contribution is -2.13. The normalized spacial score (nSPS) is 15.5. The molecule has 0 aromatic heterocycles. The molecule has 1 saturated carbocycles. The van der Waals surface area contributed by atoms with Crippen LogP contribution in [0.25, 0.3) is 0 Å². The Bertz CT molecular complexity index is 467. The first kappa shape index (κ1) is 15.8. The minimum atomic E-state index is -0.0657. The average Bonchev–Trinajstić information content (AvgIpc) is 2.87. The van der Waals surface area contributed by atoms with Gasteiger partial charge in [0.2, 0.25) is 5.91 Å². The van der Waals surface area contributed by atoms with Crippen molar-refractivity contribution in [2.24, 2.45) is 0 Å². The second-order valence-electron chi connectivity index (χ2n) is 4.93. The van der Waals surface area contributed by atoms with Crippen molar-refractivity contribution in [2.75, 3.05) is 16.8 Å². The maximum atomic E-state index is 11.9. The Hall–Kier alpha value is -0.580. The molecule has 1 aromatic rings. The fourth-order valence-electron chi connectivity index (χ4n) is 2.29. The summed E-state index contributed by atoms with van der Waals surface area (Å²) in [6, 6.07) is 3.16. The van der Waals surface area contributed by atoms with Gasteiger partial charge in [0, 0.05) is 23.1 Å². The van der Waals surface area contributed by atoms with Crippen LogP contribution in [-0.2, 0) is 4.79 Å². The summed E-state index contributed by atoms with van der Waals surface area (Å²) in [6.45, 7) is 0. The molecule has 0 saturated heterocycles. The summed E-state index contributed by atoms with van der Waals surface area (Å²) in [5.41, 5.74) is 6.55. The molecule has 6 heteroatoms. The molecule has 20 heavy (non-hydrogen) atoms. The molecule has 1 fully saturated rings. The number of thioether (sulfide) groups is 1. The van der Waals surface area contributed by atoms with Gasteiger partial charge in [-0.25, -0.2) is 0 Å². The molecule has 1 aromatic carbocycles. The monoisotopic (exact) mass is 332 g/mol. The lowest BCUT2D eigenvalue weighted by molar-refractivity contribution is -0.115. The topological polar surface area (TPSA) is 55.1 Å². The molecule has 0 heterocycles. The molecule has 1 aliphatic carbocycles. The third-order valence-electron chi connectivity index (χ3n) is 3.31. The highest BCUT2D eigenvalue weighted by Gasteiger charge is 2.16. The van der Waals surface area contributed by atoms with Crippen molar-refractivity contribution in [3.63, 3.8) is 0 Å². The molecule has 0 atom stereocenters. The van der Waals surface area contributed by atoms with Gasteiger partial charge in [0.05, 0.1) is 15.7 Å². The number of carbonyl (C=O) groups excluding carboxylic acids is 1. The molecule has 0 spiro atoms. The minimum absolute atomic E-state index is 0.0657. The molecule has 0 aliphatic heterocycles. The van der Waals surface area contributed by atoms with E-state index in [9.17, 15) is 4.79 Å². The number of benzene rings is 1. The highest BCUT2D eigenvalue weighted by atomic mass is 35.5. The number of halogens is 2. The van der Waals surface area contributed by atoms with Gasteiger partial charge >= 0.3 is 0 Å². The zero-order chi connectivity index (χ0) is 14.5. The molecule has 0 bridgehead atoms. The summed E-state index contributed by atoms with van der Waals surface area (Å²) in [7, 11) is 0. The molecule has 1 aliphatic rings. The molecule has 3 N–H and O–H groups in total. The van der Waals surface area contributed by atoms with Crippen molar-refractivity contribution in [1.29, 1.82) is 0 Å². The number of carbonyl (C=O) groups is 1. The van der Waals surface area contributed by atoms with Crippen LogP contribution in [0.5, 0.6) is 0 Å². The Kier molecular flexibility index (Phi) is 5.87. The fourth-order valence-corrected chi connectivity index (χ4v) is 4.19. The van der Waals surface area contributed by atoms with Crippen molar-refractivity contribution in [3.05, 3.63) is 22.2 Å². The molecular weight excluding hydrogens is 315 g/mol. The van der Waals surface area contributed by atoms with E-state index >= 15 is 0 Å². The number of rotatable bonds is 5. The quantitative estimate of drug-likeness (QED) is 0.776. The molecule has 3 nitrogen and oxygen atoms in total. The van der Waals surface area contributed by atoms with E-state index in [4.69, 9.17) is 28.9 Å². The van der Waals surface area contributed by atoms with Crippen molar-refractivity contribution >= 4 is 52.2 Å². The van der Waals surface area contributed by atoms with Gasteiger partial charge in [0.1, 0.15) is 0 Å². The van der Waals surface area contributed by atoms with Crippen molar-refractivity contribution < 1.29 is 4.79 Å². The summed E-state index contributed by atoms with van der Waals surface area (Å²) < 4.78 is 0.